The molecule has 21 heavy (non-hydrogen) atoms. The largest absolute Gasteiger partial charge is 0.500 e. The van der Waals surface area contributed by atoms with Gasteiger partial charge in [-0.25, -0.2) is 0 Å². The number of rotatable bonds is 14. The highest BCUT2D eigenvalue weighted by atomic mass is 28.4. The normalized spacial score (nSPS) is 12.9. The van der Waals surface area contributed by atoms with Gasteiger partial charge < -0.3 is 17.8 Å². The molecule has 0 aliphatic rings. The number of hydrogen-bond donors (Lipinski definition) is 0. The molecule has 5 heteroatoms. The van der Waals surface area contributed by atoms with Crippen molar-refractivity contribution < 1.29 is 17.8 Å². The average molecular weight is 321 g/mol. The van der Waals surface area contributed by atoms with Crippen LogP contribution in [0.15, 0.2) is 0 Å². The third-order valence-electron chi connectivity index (χ3n) is 4.30. The van der Waals surface area contributed by atoms with Crippen LogP contribution in [0.3, 0.4) is 0 Å². The second-order valence-corrected chi connectivity index (χ2v) is 9.64. The summed E-state index contributed by atoms with van der Waals surface area (Å²) in [6, 6.07) is 0.898. The first-order valence-corrected chi connectivity index (χ1v) is 10.4. The van der Waals surface area contributed by atoms with Gasteiger partial charge in [0.2, 0.25) is 0 Å². The van der Waals surface area contributed by atoms with E-state index in [0.29, 0.717) is 0 Å². The van der Waals surface area contributed by atoms with Crippen molar-refractivity contribution in [1.29, 1.82) is 0 Å². The fourth-order valence-corrected chi connectivity index (χ4v) is 4.42. The van der Waals surface area contributed by atoms with Crippen LogP contribution in [0.5, 0.6) is 0 Å². The lowest BCUT2D eigenvalue weighted by atomic mass is 10.1. The van der Waals surface area contributed by atoms with Crippen LogP contribution in [0, 0.1) is 0 Å². The molecule has 0 saturated carbocycles. The summed E-state index contributed by atoms with van der Waals surface area (Å²) in [5.74, 6) is 0. The van der Waals surface area contributed by atoms with Crippen LogP contribution in [-0.4, -0.2) is 61.8 Å². The highest BCUT2D eigenvalue weighted by molar-refractivity contribution is 6.60. The standard InChI is InChI=1S/C16H38NO3Si/c1-7-8-9-10-11-12-14-17(2,3)15-13-16-21(18-4,19-5)20-6/h7-16H2,1-6H3/q+1. The summed E-state index contributed by atoms with van der Waals surface area (Å²) in [5.41, 5.74) is 0. The molecule has 0 aliphatic heterocycles. The molecule has 0 aliphatic carbocycles. The fourth-order valence-electron chi connectivity index (χ4n) is 2.71. The Bertz CT molecular complexity index is 237. The van der Waals surface area contributed by atoms with Gasteiger partial charge in [0.1, 0.15) is 0 Å². The third kappa shape index (κ3) is 9.63. The van der Waals surface area contributed by atoms with Gasteiger partial charge in [0, 0.05) is 33.8 Å². The molecule has 0 bridgehead atoms. The Morgan fingerprint density at radius 1 is 0.714 bits per heavy atom. The first-order chi connectivity index (χ1) is 9.95. The van der Waals surface area contributed by atoms with E-state index in [2.05, 4.69) is 21.0 Å². The van der Waals surface area contributed by atoms with Gasteiger partial charge >= 0.3 is 8.80 Å². The van der Waals surface area contributed by atoms with E-state index in [1.54, 1.807) is 21.3 Å². The molecular formula is C16H38NO3Si+. The Morgan fingerprint density at radius 2 is 1.19 bits per heavy atom. The van der Waals surface area contributed by atoms with E-state index >= 15 is 0 Å². The van der Waals surface area contributed by atoms with Gasteiger partial charge in [-0.15, -0.1) is 0 Å². The predicted molar refractivity (Wildman–Crippen MR) is 91.4 cm³/mol. The van der Waals surface area contributed by atoms with Crippen molar-refractivity contribution in [3.63, 3.8) is 0 Å². The Morgan fingerprint density at radius 3 is 1.71 bits per heavy atom. The van der Waals surface area contributed by atoms with E-state index in [1.165, 1.54) is 45.1 Å². The maximum Gasteiger partial charge on any atom is 0.500 e. The first kappa shape index (κ1) is 21.1. The van der Waals surface area contributed by atoms with E-state index < -0.39 is 8.80 Å². The van der Waals surface area contributed by atoms with Crippen molar-refractivity contribution in [3.05, 3.63) is 0 Å². The third-order valence-corrected chi connectivity index (χ3v) is 7.13. The van der Waals surface area contributed by atoms with Crippen LogP contribution < -0.4 is 0 Å². The summed E-state index contributed by atoms with van der Waals surface area (Å²) >= 11 is 0. The van der Waals surface area contributed by atoms with Crippen LogP contribution in [0.4, 0.5) is 0 Å². The SMILES string of the molecule is CCCCCCCC[N+](C)(C)CCC[Si](OC)(OC)OC. The molecule has 0 unspecified atom stereocenters. The van der Waals surface area contributed by atoms with Gasteiger partial charge in [-0.05, 0) is 12.8 Å². The lowest BCUT2D eigenvalue weighted by Gasteiger charge is -2.31. The van der Waals surface area contributed by atoms with Crippen molar-refractivity contribution in [2.45, 2.75) is 57.9 Å². The minimum Gasteiger partial charge on any atom is -0.377 e. The molecule has 0 aromatic heterocycles. The second kappa shape index (κ2) is 11.6. The molecule has 0 heterocycles. The van der Waals surface area contributed by atoms with Crippen molar-refractivity contribution in [2.75, 3.05) is 48.5 Å². The summed E-state index contributed by atoms with van der Waals surface area (Å²) in [6.45, 7) is 4.68. The van der Waals surface area contributed by atoms with Crippen LogP contribution >= 0.6 is 0 Å². The molecule has 0 amide bonds. The van der Waals surface area contributed by atoms with Crippen LogP contribution in [-0.2, 0) is 13.3 Å². The molecule has 0 radical (unpaired) electrons. The summed E-state index contributed by atoms with van der Waals surface area (Å²) in [7, 11) is 7.33. The molecule has 0 aromatic carbocycles. The van der Waals surface area contributed by atoms with E-state index in [-0.39, 0.29) is 0 Å². The van der Waals surface area contributed by atoms with Crippen molar-refractivity contribution in [2.24, 2.45) is 0 Å². The van der Waals surface area contributed by atoms with Gasteiger partial charge in [0.05, 0.1) is 27.2 Å². The average Bonchev–Trinajstić information content (AvgIpc) is 2.48. The topological polar surface area (TPSA) is 27.7 Å². The summed E-state index contributed by atoms with van der Waals surface area (Å²) < 4.78 is 17.5. The van der Waals surface area contributed by atoms with Crippen LogP contribution in [0.1, 0.15) is 51.9 Å². The van der Waals surface area contributed by atoms with Gasteiger partial charge in [-0.1, -0.05) is 32.6 Å². The van der Waals surface area contributed by atoms with Crippen LogP contribution in [0.2, 0.25) is 6.04 Å². The fraction of sp³-hybridized carbons (Fsp3) is 1.00. The van der Waals surface area contributed by atoms with E-state index in [0.717, 1.165) is 23.5 Å². The zero-order valence-corrected chi connectivity index (χ0v) is 16.2. The molecule has 0 N–H and O–H groups in total. The Hall–Kier alpha value is 0.0569. The Labute approximate surface area is 133 Å². The zero-order valence-electron chi connectivity index (χ0n) is 15.2. The molecule has 0 aromatic rings. The van der Waals surface area contributed by atoms with Crippen molar-refractivity contribution in [1.82, 2.24) is 0 Å². The number of nitrogens with zero attached hydrogens (tertiary/aromatic N) is 1. The minimum atomic E-state index is -2.38. The van der Waals surface area contributed by atoms with Gasteiger partial charge in [0.15, 0.2) is 0 Å². The van der Waals surface area contributed by atoms with Gasteiger partial charge in [0.25, 0.3) is 0 Å². The Balaban J connectivity index is 3.86. The quantitative estimate of drug-likeness (QED) is 0.277. The van der Waals surface area contributed by atoms with Crippen molar-refractivity contribution >= 4 is 8.80 Å². The second-order valence-electron chi connectivity index (χ2n) is 6.55. The zero-order chi connectivity index (χ0) is 16.2. The molecule has 0 atom stereocenters. The molecule has 128 valence electrons. The molecule has 0 spiro atoms. The molecule has 0 fully saturated rings. The molecule has 0 saturated heterocycles. The maximum atomic E-state index is 5.47. The molecule has 0 rings (SSSR count). The summed E-state index contributed by atoms with van der Waals surface area (Å²) in [5, 5.41) is 0. The van der Waals surface area contributed by atoms with E-state index in [1.807, 2.05) is 0 Å². The van der Waals surface area contributed by atoms with Crippen molar-refractivity contribution in [3.8, 4) is 0 Å². The number of hydrogen-bond acceptors (Lipinski definition) is 3. The van der Waals surface area contributed by atoms with E-state index in [4.69, 9.17) is 13.3 Å². The maximum absolute atomic E-state index is 5.47. The minimum absolute atomic E-state index is 0.898. The monoisotopic (exact) mass is 320 g/mol. The number of quaternary nitrogens is 1. The van der Waals surface area contributed by atoms with E-state index in [9.17, 15) is 0 Å². The highest BCUT2D eigenvalue weighted by Gasteiger charge is 2.37. The summed E-state index contributed by atoms with van der Waals surface area (Å²) in [4.78, 5) is 0. The smallest absolute Gasteiger partial charge is 0.377 e. The first-order valence-electron chi connectivity index (χ1n) is 8.42. The van der Waals surface area contributed by atoms with Crippen LogP contribution in [0.25, 0.3) is 0 Å². The lowest BCUT2D eigenvalue weighted by molar-refractivity contribution is -0.890. The number of unbranched alkanes of at least 4 members (excludes halogenated alkanes) is 5. The Kier molecular flexibility index (Phi) is 11.6. The molecule has 4 nitrogen and oxygen atoms in total. The molecular weight excluding hydrogens is 282 g/mol. The van der Waals surface area contributed by atoms with Gasteiger partial charge in [-0.2, -0.15) is 0 Å². The predicted octanol–water partition coefficient (Wildman–Crippen LogP) is 3.69. The van der Waals surface area contributed by atoms with Gasteiger partial charge in [-0.3, -0.25) is 0 Å². The highest BCUT2D eigenvalue weighted by Crippen LogP contribution is 2.17. The lowest BCUT2D eigenvalue weighted by Crippen LogP contribution is -2.45. The summed E-state index contributed by atoms with van der Waals surface area (Å²) in [6.07, 6.45) is 9.29.